The van der Waals surface area contributed by atoms with E-state index in [1.165, 1.54) is 12.1 Å². The van der Waals surface area contributed by atoms with Gasteiger partial charge in [0.2, 0.25) is 0 Å². The average Bonchev–Trinajstić information content (AvgIpc) is 2.40. The maximum atomic E-state index is 12.8. The van der Waals surface area contributed by atoms with Gasteiger partial charge in [0.05, 0.1) is 17.9 Å². The van der Waals surface area contributed by atoms with Crippen molar-refractivity contribution < 1.29 is 18.8 Å². The van der Waals surface area contributed by atoms with Gasteiger partial charge in [0.15, 0.2) is 0 Å². The highest BCUT2D eigenvalue weighted by molar-refractivity contribution is 5.94. The molecule has 0 atom stereocenters. The van der Waals surface area contributed by atoms with E-state index in [0.29, 0.717) is 11.1 Å². The Kier molecular flexibility index (Phi) is 6.43. The Hall–Kier alpha value is -2.17. The molecule has 0 spiro atoms. The third-order valence-corrected chi connectivity index (χ3v) is 2.22. The third kappa shape index (κ3) is 5.65. The van der Waals surface area contributed by atoms with Gasteiger partial charge in [0.1, 0.15) is 12.4 Å². The third-order valence-electron chi connectivity index (χ3n) is 2.22. The molecule has 4 nitrogen and oxygen atoms in total. The zero-order valence-corrected chi connectivity index (χ0v) is 11.9. The van der Waals surface area contributed by atoms with Gasteiger partial charge >= 0.3 is 5.97 Å². The summed E-state index contributed by atoms with van der Waals surface area (Å²) in [4.78, 5) is 16.9. The van der Waals surface area contributed by atoms with Crippen LogP contribution in [0.25, 0.3) is 6.08 Å². The second-order valence-corrected chi connectivity index (χ2v) is 4.25. The quantitative estimate of drug-likeness (QED) is 0.348. The van der Waals surface area contributed by atoms with E-state index in [0.717, 1.165) is 5.71 Å². The summed E-state index contributed by atoms with van der Waals surface area (Å²) in [5.41, 5.74) is 1.76. The van der Waals surface area contributed by atoms with Gasteiger partial charge in [-0.25, -0.2) is 9.18 Å². The van der Waals surface area contributed by atoms with Crippen molar-refractivity contribution in [3.63, 3.8) is 0 Å². The molecule has 0 aliphatic carbocycles. The minimum Gasteiger partial charge on any atom is -0.463 e. The lowest BCUT2D eigenvalue weighted by molar-refractivity contribution is -0.139. The summed E-state index contributed by atoms with van der Waals surface area (Å²) in [6, 6.07) is 5.79. The molecule has 0 saturated heterocycles. The van der Waals surface area contributed by atoms with Gasteiger partial charge in [-0.05, 0) is 44.5 Å². The van der Waals surface area contributed by atoms with E-state index in [9.17, 15) is 9.18 Å². The van der Waals surface area contributed by atoms with Crippen molar-refractivity contribution in [1.29, 1.82) is 0 Å². The molecule has 0 fully saturated rings. The standard InChI is InChI=1S/C15H18FNO3/c1-4-19-15(18)13(10-20-17-11(2)3)9-12-5-7-14(16)8-6-12/h5-9H,4,10H2,1-3H3/b13-9+. The van der Waals surface area contributed by atoms with E-state index in [-0.39, 0.29) is 19.0 Å². The monoisotopic (exact) mass is 279 g/mol. The Bertz CT molecular complexity index is 502. The molecule has 1 aromatic carbocycles. The number of benzene rings is 1. The molecule has 5 heteroatoms. The van der Waals surface area contributed by atoms with Crippen molar-refractivity contribution in [1.82, 2.24) is 0 Å². The SMILES string of the molecule is CCOC(=O)/C(=C/c1ccc(F)cc1)CON=C(C)C. The van der Waals surface area contributed by atoms with Crippen LogP contribution in [-0.4, -0.2) is 24.9 Å². The van der Waals surface area contributed by atoms with Crippen molar-refractivity contribution >= 4 is 17.8 Å². The first kappa shape index (κ1) is 15.9. The lowest BCUT2D eigenvalue weighted by Crippen LogP contribution is -2.11. The second-order valence-electron chi connectivity index (χ2n) is 4.25. The second kappa shape index (κ2) is 8.09. The Morgan fingerprint density at radius 2 is 1.95 bits per heavy atom. The highest BCUT2D eigenvalue weighted by Crippen LogP contribution is 2.10. The normalized spacial score (nSPS) is 10.9. The van der Waals surface area contributed by atoms with Crippen LogP contribution in [0.5, 0.6) is 0 Å². The summed E-state index contributed by atoms with van der Waals surface area (Å²) in [6.07, 6.45) is 1.60. The highest BCUT2D eigenvalue weighted by Gasteiger charge is 2.11. The van der Waals surface area contributed by atoms with E-state index in [2.05, 4.69) is 5.16 Å². The van der Waals surface area contributed by atoms with Crippen molar-refractivity contribution in [2.75, 3.05) is 13.2 Å². The van der Waals surface area contributed by atoms with Gasteiger partial charge in [-0.3, -0.25) is 0 Å². The molecule has 0 bridgehead atoms. The van der Waals surface area contributed by atoms with Gasteiger partial charge in [0.25, 0.3) is 0 Å². The fraction of sp³-hybridized carbons (Fsp3) is 0.333. The van der Waals surface area contributed by atoms with Crippen LogP contribution in [0.1, 0.15) is 26.3 Å². The van der Waals surface area contributed by atoms with E-state index >= 15 is 0 Å². The summed E-state index contributed by atoms with van der Waals surface area (Å²) in [5.74, 6) is -0.803. The van der Waals surface area contributed by atoms with Crippen LogP contribution in [0.4, 0.5) is 4.39 Å². The summed E-state index contributed by atoms with van der Waals surface area (Å²) in [7, 11) is 0. The topological polar surface area (TPSA) is 47.9 Å². The molecular formula is C15H18FNO3. The van der Waals surface area contributed by atoms with Gasteiger partial charge in [0, 0.05) is 0 Å². The van der Waals surface area contributed by atoms with Crippen LogP contribution in [-0.2, 0) is 14.4 Å². The molecule has 1 rings (SSSR count). The van der Waals surface area contributed by atoms with Crippen molar-refractivity contribution in [2.45, 2.75) is 20.8 Å². The minimum atomic E-state index is -0.471. The summed E-state index contributed by atoms with van der Waals surface area (Å²) in [5, 5.41) is 3.77. The number of carbonyl (C=O) groups is 1. The maximum absolute atomic E-state index is 12.8. The molecule has 1 aromatic rings. The van der Waals surface area contributed by atoms with E-state index in [1.807, 2.05) is 0 Å². The fourth-order valence-electron chi connectivity index (χ4n) is 1.37. The van der Waals surface area contributed by atoms with Gasteiger partial charge in [-0.2, -0.15) is 0 Å². The number of hydrogen-bond acceptors (Lipinski definition) is 4. The highest BCUT2D eigenvalue weighted by atomic mass is 19.1. The smallest absolute Gasteiger partial charge is 0.337 e. The van der Waals surface area contributed by atoms with E-state index < -0.39 is 5.97 Å². The number of hydrogen-bond donors (Lipinski definition) is 0. The molecular weight excluding hydrogens is 261 g/mol. The number of carbonyl (C=O) groups excluding carboxylic acids is 1. The molecule has 0 unspecified atom stereocenters. The first-order valence-corrected chi connectivity index (χ1v) is 6.29. The zero-order chi connectivity index (χ0) is 15.0. The number of nitrogens with zero attached hydrogens (tertiary/aromatic N) is 1. The van der Waals surface area contributed by atoms with Crippen LogP contribution >= 0.6 is 0 Å². The van der Waals surface area contributed by atoms with Crippen molar-refractivity contribution in [2.24, 2.45) is 5.16 Å². The van der Waals surface area contributed by atoms with Gasteiger partial charge in [-0.15, -0.1) is 0 Å². The van der Waals surface area contributed by atoms with E-state index in [4.69, 9.17) is 9.57 Å². The van der Waals surface area contributed by atoms with Crippen molar-refractivity contribution in [3.05, 3.63) is 41.2 Å². The first-order chi connectivity index (χ1) is 9.52. The summed E-state index contributed by atoms with van der Waals surface area (Å²) < 4.78 is 17.8. The van der Waals surface area contributed by atoms with E-state index in [1.54, 1.807) is 39.0 Å². The molecule has 0 aromatic heterocycles. The molecule has 0 radical (unpaired) electrons. The molecule has 20 heavy (non-hydrogen) atoms. The molecule has 0 amide bonds. The lowest BCUT2D eigenvalue weighted by Gasteiger charge is -2.06. The predicted molar refractivity (Wildman–Crippen MR) is 75.7 cm³/mol. The molecule has 0 heterocycles. The Balaban J connectivity index is 2.88. The van der Waals surface area contributed by atoms with Crippen LogP contribution in [0.2, 0.25) is 0 Å². The van der Waals surface area contributed by atoms with Crippen LogP contribution in [0.3, 0.4) is 0 Å². The minimum absolute atomic E-state index is 0.00138. The number of ether oxygens (including phenoxy) is 1. The molecule has 0 N–H and O–H groups in total. The Morgan fingerprint density at radius 3 is 2.50 bits per heavy atom. The van der Waals surface area contributed by atoms with Crippen LogP contribution in [0, 0.1) is 5.82 Å². The molecule has 108 valence electrons. The Morgan fingerprint density at radius 1 is 1.30 bits per heavy atom. The maximum Gasteiger partial charge on any atom is 0.337 e. The van der Waals surface area contributed by atoms with Crippen LogP contribution < -0.4 is 0 Å². The zero-order valence-electron chi connectivity index (χ0n) is 11.9. The summed E-state index contributed by atoms with van der Waals surface area (Å²) >= 11 is 0. The number of esters is 1. The Labute approximate surface area is 117 Å². The number of oxime groups is 1. The van der Waals surface area contributed by atoms with Gasteiger partial charge < -0.3 is 9.57 Å². The number of rotatable bonds is 6. The average molecular weight is 279 g/mol. The molecule has 0 aliphatic rings. The molecule has 0 saturated carbocycles. The largest absolute Gasteiger partial charge is 0.463 e. The number of halogens is 1. The van der Waals surface area contributed by atoms with Crippen LogP contribution in [0.15, 0.2) is 35.0 Å². The van der Waals surface area contributed by atoms with Crippen molar-refractivity contribution in [3.8, 4) is 0 Å². The lowest BCUT2D eigenvalue weighted by atomic mass is 10.1. The van der Waals surface area contributed by atoms with Gasteiger partial charge in [-0.1, -0.05) is 17.3 Å². The fourth-order valence-corrected chi connectivity index (χ4v) is 1.37. The summed E-state index contributed by atoms with van der Waals surface area (Å²) in [6.45, 7) is 5.57. The first-order valence-electron chi connectivity index (χ1n) is 6.29. The predicted octanol–water partition coefficient (Wildman–Crippen LogP) is 3.18. The molecule has 0 aliphatic heterocycles.